The van der Waals surface area contributed by atoms with E-state index in [1.165, 1.54) is 25.8 Å². The summed E-state index contributed by atoms with van der Waals surface area (Å²) in [6, 6.07) is 0.647. The molecule has 0 saturated carbocycles. The predicted molar refractivity (Wildman–Crippen MR) is 109 cm³/mol. The van der Waals surface area contributed by atoms with Crippen LogP contribution < -0.4 is 10.6 Å². The van der Waals surface area contributed by atoms with Gasteiger partial charge in [-0.3, -0.25) is 9.89 Å². The molecule has 0 spiro atoms. The highest BCUT2D eigenvalue weighted by molar-refractivity contribution is 14.0. The van der Waals surface area contributed by atoms with Gasteiger partial charge >= 0.3 is 0 Å². The fourth-order valence-electron chi connectivity index (χ4n) is 3.35. The third-order valence-electron chi connectivity index (χ3n) is 4.72. The second kappa shape index (κ2) is 13.1. The van der Waals surface area contributed by atoms with E-state index in [0.717, 1.165) is 58.3 Å². The zero-order valence-corrected chi connectivity index (χ0v) is 17.6. The second-order valence-electron chi connectivity index (χ2n) is 6.37. The molecular weight excluding hydrogens is 419 g/mol. The van der Waals surface area contributed by atoms with Crippen LogP contribution in [0.4, 0.5) is 0 Å². The van der Waals surface area contributed by atoms with Crippen molar-refractivity contribution in [1.82, 2.24) is 15.5 Å². The molecule has 0 radical (unpaired) electrons. The Balaban J connectivity index is 0.00000288. The molecule has 2 aliphatic rings. The summed E-state index contributed by atoms with van der Waals surface area (Å²) in [7, 11) is 1.83. The van der Waals surface area contributed by atoms with Crippen LogP contribution in [0.2, 0.25) is 0 Å². The highest BCUT2D eigenvalue weighted by Gasteiger charge is 2.22. The lowest BCUT2D eigenvalue weighted by atomic mass is 10.2. The molecule has 142 valence electrons. The van der Waals surface area contributed by atoms with Gasteiger partial charge in [0.15, 0.2) is 5.96 Å². The van der Waals surface area contributed by atoms with Crippen LogP contribution in [-0.4, -0.2) is 76.1 Å². The zero-order chi connectivity index (χ0) is 16.3. The molecule has 2 rings (SSSR count). The number of rotatable bonds is 9. The first-order valence-electron chi connectivity index (χ1n) is 9.21. The number of hydrogen-bond donors (Lipinski definition) is 2. The average Bonchev–Trinajstić information content (AvgIpc) is 3.24. The van der Waals surface area contributed by atoms with Crippen LogP contribution in [0.1, 0.15) is 39.0 Å². The maximum absolute atomic E-state index is 5.67. The molecule has 2 saturated heterocycles. The maximum atomic E-state index is 5.67. The predicted octanol–water partition coefficient (Wildman–Crippen LogP) is 1.84. The maximum Gasteiger partial charge on any atom is 0.191 e. The first-order chi connectivity index (χ1) is 11.3. The smallest absolute Gasteiger partial charge is 0.191 e. The molecule has 2 heterocycles. The van der Waals surface area contributed by atoms with Crippen LogP contribution in [0.15, 0.2) is 4.99 Å². The van der Waals surface area contributed by atoms with Crippen molar-refractivity contribution >= 4 is 29.9 Å². The Kier molecular flexibility index (Phi) is 12.0. The third kappa shape index (κ3) is 7.84. The number of nitrogens with one attached hydrogen (secondary N) is 2. The Labute approximate surface area is 164 Å². The first kappa shape index (κ1) is 21.9. The highest BCUT2D eigenvalue weighted by atomic mass is 127. The lowest BCUT2D eigenvalue weighted by Crippen LogP contribution is -2.45. The molecule has 24 heavy (non-hydrogen) atoms. The van der Waals surface area contributed by atoms with Gasteiger partial charge in [0.05, 0.1) is 12.7 Å². The largest absolute Gasteiger partial charge is 0.379 e. The van der Waals surface area contributed by atoms with E-state index in [2.05, 4.69) is 27.4 Å². The summed E-state index contributed by atoms with van der Waals surface area (Å²) in [5.41, 5.74) is 0. The fraction of sp³-hybridized carbons (Fsp3) is 0.941. The van der Waals surface area contributed by atoms with Gasteiger partial charge in [-0.25, -0.2) is 0 Å². The van der Waals surface area contributed by atoms with Crippen molar-refractivity contribution in [2.75, 3.05) is 53.0 Å². The molecule has 6 nitrogen and oxygen atoms in total. The summed E-state index contributed by atoms with van der Waals surface area (Å²) in [5, 5.41) is 6.81. The van der Waals surface area contributed by atoms with E-state index in [4.69, 9.17) is 9.47 Å². The third-order valence-corrected chi connectivity index (χ3v) is 4.72. The van der Waals surface area contributed by atoms with Gasteiger partial charge in [-0.15, -0.1) is 24.0 Å². The lowest BCUT2D eigenvalue weighted by molar-refractivity contribution is 0.0168. The van der Waals surface area contributed by atoms with Crippen molar-refractivity contribution in [3.05, 3.63) is 0 Å². The number of likely N-dealkylation sites (tertiary alicyclic amines) is 1. The molecule has 2 unspecified atom stereocenters. The van der Waals surface area contributed by atoms with Crippen molar-refractivity contribution in [1.29, 1.82) is 0 Å². The quantitative estimate of drug-likeness (QED) is 0.241. The normalized spacial score (nSPS) is 24.8. The van der Waals surface area contributed by atoms with Crippen molar-refractivity contribution in [2.24, 2.45) is 4.99 Å². The number of likely N-dealkylation sites (N-methyl/N-ethyl adjacent to an activating group) is 1. The molecule has 0 bridgehead atoms. The van der Waals surface area contributed by atoms with E-state index in [9.17, 15) is 0 Å². The van der Waals surface area contributed by atoms with Crippen LogP contribution in [-0.2, 0) is 9.47 Å². The van der Waals surface area contributed by atoms with Crippen LogP contribution in [0.3, 0.4) is 0 Å². The van der Waals surface area contributed by atoms with Gasteiger partial charge in [-0.1, -0.05) is 6.92 Å². The summed E-state index contributed by atoms with van der Waals surface area (Å²) in [5.74, 6) is 0.895. The molecule has 2 aliphatic heterocycles. The molecule has 0 aromatic carbocycles. The van der Waals surface area contributed by atoms with Gasteiger partial charge in [-0.2, -0.15) is 0 Å². The van der Waals surface area contributed by atoms with Crippen LogP contribution in [0.25, 0.3) is 0 Å². The second-order valence-corrected chi connectivity index (χ2v) is 6.37. The lowest BCUT2D eigenvalue weighted by Gasteiger charge is -2.24. The number of guanidine groups is 1. The SMILES string of the molecule is CCN1CCCC1CNC(=NC)NCCCOCC1CCCO1.I. The Morgan fingerprint density at radius 1 is 1.29 bits per heavy atom. The van der Waals surface area contributed by atoms with E-state index >= 15 is 0 Å². The monoisotopic (exact) mass is 454 g/mol. The van der Waals surface area contributed by atoms with Gasteiger partial charge in [0.2, 0.25) is 0 Å². The summed E-state index contributed by atoms with van der Waals surface area (Å²) in [4.78, 5) is 6.84. The number of hydrogen-bond acceptors (Lipinski definition) is 4. The minimum absolute atomic E-state index is 0. The Hall–Kier alpha value is -0.120. The number of halogens is 1. The molecule has 0 amide bonds. The minimum Gasteiger partial charge on any atom is -0.379 e. The first-order valence-corrected chi connectivity index (χ1v) is 9.21. The Morgan fingerprint density at radius 3 is 2.88 bits per heavy atom. The fourth-order valence-corrected chi connectivity index (χ4v) is 3.35. The topological polar surface area (TPSA) is 58.1 Å². The van der Waals surface area contributed by atoms with Gasteiger partial charge in [-0.05, 0) is 45.2 Å². The van der Waals surface area contributed by atoms with E-state index in [-0.39, 0.29) is 24.0 Å². The van der Waals surface area contributed by atoms with Crippen molar-refractivity contribution < 1.29 is 9.47 Å². The summed E-state index contributed by atoms with van der Waals surface area (Å²) in [6.45, 7) is 8.88. The number of nitrogens with zero attached hydrogens (tertiary/aromatic N) is 2. The van der Waals surface area contributed by atoms with E-state index < -0.39 is 0 Å². The van der Waals surface area contributed by atoms with Crippen LogP contribution >= 0.6 is 24.0 Å². The van der Waals surface area contributed by atoms with Gasteiger partial charge in [0.25, 0.3) is 0 Å². The van der Waals surface area contributed by atoms with Gasteiger partial charge in [0, 0.05) is 39.4 Å². The molecule has 0 aliphatic carbocycles. The molecular formula is C17H35IN4O2. The molecule has 2 N–H and O–H groups in total. The van der Waals surface area contributed by atoms with Crippen LogP contribution in [0.5, 0.6) is 0 Å². The Bertz CT molecular complexity index is 351. The zero-order valence-electron chi connectivity index (χ0n) is 15.3. The van der Waals surface area contributed by atoms with E-state index in [0.29, 0.717) is 12.1 Å². The van der Waals surface area contributed by atoms with E-state index in [1.54, 1.807) is 0 Å². The molecule has 2 atom stereocenters. The van der Waals surface area contributed by atoms with Crippen molar-refractivity contribution in [2.45, 2.75) is 51.2 Å². The minimum atomic E-state index is 0. The molecule has 0 aromatic rings. The average molecular weight is 454 g/mol. The summed E-state index contributed by atoms with van der Waals surface area (Å²) >= 11 is 0. The molecule has 7 heteroatoms. The van der Waals surface area contributed by atoms with E-state index in [1.807, 2.05) is 7.05 Å². The summed E-state index contributed by atoms with van der Waals surface area (Å²) in [6.07, 6.45) is 6.23. The number of ether oxygens (including phenoxy) is 2. The summed E-state index contributed by atoms with van der Waals surface area (Å²) < 4.78 is 11.2. The van der Waals surface area contributed by atoms with Crippen molar-refractivity contribution in [3.63, 3.8) is 0 Å². The van der Waals surface area contributed by atoms with Gasteiger partial charge < -0.3 is 20.1 Å². The molecule has 2 fully saturated rings. The van der Waals surface area contributed by atoms with Gasteiger partial charge in [0.1, 0.15) is 0 Å². The standard InChI is InChI=1S/C17H34N4O2.HI/c1-3-21-10-4-7-15(21)13-20-17(18-2)19-9-6-11-22-14-16-8-5-12-23-16;/h15-16H,3-14H2,1-2H3,(H2,18,19,20);1H. The van der Waals surface area contributed by atoms with Crippen molar-refractivity contribution in [3.8, 4) is 0 Å². The van der Waals surface area contributed by atoms with Crippen LogP contribution in [0, 0.1) is 0 Å². The molecule has 0 aromatic heterocycles. The number of aliphatic imine (C=N–C) groups is 1. The highest BCUT2D eigenvalue weighted by Crippen LogP contribution is 2.15. The Morgan fingerprint density at radius 2 is 2.17 bits per heavy atom.